The predicted molar refractivity (Wildman–Crippen MR) is 88.1 cm³/mol. The molecule has 0 amide bonds. The summed E-state index contributed by atoms with van der Waals surface area (Å²) in [6.45, 7) is 4.75. The zero-order chi connectivity index (χ0) is 15.7. The Morgan fingerprint density at radius 2 is 1.86 bits per heavy atom. The summed E-state index contributed by atoms with van der Waals surface area (Å²) < 4.78 is 10.6. The Morgan fingerprint density at radius 3 is 2.50 bits per heavy atom. The quantitative estimate of drug-likeness (QED) is 0.755. The van der Waals surface area contributed by atoms with Gasteiger partial charge in [-0.25, -0.2) is 9.97 Å². The number of fused-ring (bicyclic) bond motifs is 1. The molecule has 0 atom stereocenters. The summed E-state index contributed by atoms with van der Waals surface area (Å²) in [5.41, 5.74) is 2.80. The average molecular weight is 318 g/mol. The number of hydrogen-bond acceptors (Lipinski definition) is 6. The number of nitrogens with zero attached hydrogens (tertiary/aromatic N) is 2. The van der Waals surface area contributed by atoms with Crippen molar-refractivity contribution in [3.05, 3.63) is 27.7 Å². The fourth-order valence-electron chi connectivity index (χ4n) is 2.19. The smallest absolute Gasteiger partial charge is 0.201 e. The molecule has 2 heterocycles. The van der Waals surface area contributed by atoms with E-state index in [-0.39, 0.29) is 0 Å². The van der Waals surface area contributed by atoms with Crippen LogP contribution in [0.1, 0.15) is 15.6 Å². The van der Waals surface area contributed by atoms with Gasteiger partial charge in [-0.1, -0.05) is 0 Å². The second kappa shape index (κ2) is 5.84. The third-order valence-corrected chi connectivity index (χ3v) is 4.54. The van der Waals surface area contributed by atoms with Crippen molar-refractivity contribution in [3.63, 3.8) is 0 Å². The second-order valence-electron chi connectivity index (χ2n) is 4.91. The molecule has 0 aliphatic rings. The van der Waals surface area contributed by atoms with Gasteiger partial charge in [0.25, 0.3) is 0 Å². The molecule has 0 aliphatic carbocycles. The minimum absolute atomic E-state index is 0.646. The van der Waals surface area contributed by atoms with Crippen LogP contribution in [0.25, 0.3) is 11.0 Å². The van der Waals surface area contributed by atoms with E-state index in [4.69, 9.17) is 9.47 Å². The largest absolute Gasteiger partial charge is 0.493 e. The van der Waals surface area contributed by atoms with Crippen molar-refractivity contribution in [2.45, 2.75) is 20.4 Å². The van der Waals surface area contributed by atoms with Crippen molar-refractivity contribution in [2.24, 2.45) is 0 Å². The minimum Gasteiger partial charge on any atom is -0.493 e. The molecule has 0 saturated heterocycles. The Labute approximate surface area is 132 Å². The van der Waals surface area contributed by atoms with E-state index in [2.05, 4.69) is 27.2 Å². The molecule has 7 heteroatoms. The minimum atomic E-state index is 0.646. The first-order valence-corrected chi connectivity index (χ1v) is 7.71. The Hall–Kier alpha value is -2.28. The number of thiazole rings is 1. The van der Waals surface area contributed by atoms with Gasteiger partial charge in [0.05, 0.1) is 37.5 Å². The number of rotatable bonds is 5. The highest BCUT2D eigenvalue weighted by Crippen LogP contribution is 2.31. The van der Waals surface area contributed by atoms with Gasteiger partial charge < -0.3 is 19.8 Å². The highest BCUT2D eigenvalue weighted by atomic mass is 32.1. The summed E-state index contributed by atoms with van der Waals surface area (Å²) in [6.07, 6.45) is 0. The first-order chi connectivity index (χ1) is 10.6. The molecular weight excluding hydrogens is 300 g/mol. The summed E-state index contributed by atoms with van der Waals surface area (Å²) >= 11 is 1.70. The van der Waals surface area contributed by atoms with Crippen molar-refractivity contribution in [1.82, 2.24) is 15.0 Å². The van der Waals surface area contributed by atoms with Gasteiger partial charge >= 0.3 is 0 Å². The van der Waals surface area contributed by atoms with Crippen molar-refractivity contribution in [3.8, 4) is 11.5 Å². The Kier molecular flexibility index (Phi) is 3.89. The molecule has 1 aromatic carbocycles. The fraction of sp³-hybridized carbons (Fsp3) is 0.333. The van der Waals surface area contributed by atoms with Crippen LogP contribution in [0, 0.1) is 13.8 Å². The van der Waals surface area contributed by atoms with E-state index in [0.717, 1.165) is 21.7 Å². The van der Waals surface area contributed by atoms with E-state index in [1.165, 1.54) is 4.88 Å². The van der Waals surface area contributed by atoms with Crippen molar-refractivity contribution in [1.29, 1.82) is 0 Å². The van der Waals surface area contributed by atoms with Crippen molar-refractivity contribution >= 4 is 28.3 Å². The predicted octanol–water partition coefficient (Wildman–Crippen LogP) is 3.27. The first kappa shape index (κ1) is 14.6. The normalized spacial score (nSPS) is 10.9. The summed E-state index contributed by atoms with van der Waals surface area (Å²) in [4.78, 5) is 13.5. The highest BCUT2D eigenvalue weighted by Gasteiger charge is 2.10. The molecule has 0 bridgehead atoms. The lowest BCUT2D eigenvalue weighted by Crippen LogP contribution is -2.00. The number of nitrogens with one attached hydrogen (secondary N) is 2. The number of methoxy groups -OCH3 is 2. The van der Waals surface area contributed by atoms with Gasteiger partial charge in [0.1, 0.15) is 5.01 Å². The van der Waals surface area contributed by atoms with Crippen LogP contribution in [-0.4, -0.2) is 29.2 Å². The van der Waals surface area contributed by atoms with Crippen molar-refractivity contribution < 1.29 is 9.47 Å². The van der Waals surface area contributed by atoms with E-state index in [1.807, 2.05) is 19.1 Å². The maximum Gasteiger partial charge on any atom is 0.201 e. The number of hydrogen-bond donors (Lipinski definition) is 2. The zero-order valence-corrected chi connectivity index (χ0v) is 13.8. The number of anilines is 1. The molecule has 0 saturated carbocycles. The molecule has 0 spiro atoms. The van der Waals surface area contributed by atoms with Crippen LogP contribution in [-0.2, 0) is 6.54 Å². The monoisotopic (exact) mass is 318 g/mol. The molecule has 0 fully saturated rings. The van der Waals surface area contributed by atoms with Gasteiger partial charge in [-0.15, -0.1) is 11.3 Å². The molecule has 0 aliphatic heterocycles. The number of benzene rings is 1. The molecule has 3 aromatic rings. The number of H-pyrrole nitrogens is 1. The van der Waals surface area contributed by atoms with Gasteiger partial charge in [0, 0.05) is 17.0 Å². The second-order valence-corrected chi connectivity index (χ2v) is 6.20. The van der Waals surface area contributed by atoms with E-state index in [9.17, 15) is 0 Å². The average Bonchev–Trinajstić information content (AvgIpc) is 3.06. The van der Waals surface area contributed by atoms with E-state index < -0.39 is 0 Å². The van der Waals surface area contributed by atoms with E-state index >= 15 is 0 Å². The van der Waals surface area contributed by atoms with Crippen LogP contribution in [0.3, 0.4) is 0 Å². The van der Waals surface area contributed by atoms with Gasteiger partial charge in [-0.2, -0.15) is 0 Å². The zero-order valence-electron chi connectivity index (χ0n) is 13.0. The summed E-state index contributed by atoms with van der Waals surface area (Å²) in [5.74, 6) is 2.05. The Morgan fingerprint density at radius 1 is 1.14 bits per heavy atom. The lowest BCUT2D eigenvalue weighted by Gasteiger charge is -2.06. The molecule has 0 unspecified atom stereocenters. The summed E-state index contributed by atoms with van der Waals surface area (Å²) in [7, 11) is 3.23. The molecule has 2 aromatic heterocycles. The maximum absolute atomic E-state index is 5.30. The van der Waals surface area contributed by atoms with E-state index in [1.54, 1.807) is 25.6 Å². The molecular formula is C15H18N4O2S. The lowest BCUT2D eigenvalue weighted by molar-refractivity contribution is 0.356. The summed E-state index contributed by atoms with van der Waals surface area (Å²) in [6, 6.07) is 3.73. The van der Waals surface area contributed by atoms with Crippen LogP contribution in [0.4, 0.5) is 5.95 Å². The maximum atomic E-state index is 5.30. The van der Waals surface area contributed by atoms with Crippen LogP contribution < -0.4 is 14.8 Å². The molecule has 116 valence electrons. The first-order valence-electron chi connectivity index (χ1n) is 6.89. The molecule has 6 nitrogen and oxygen atoms in total. The Bertz CT molecular complexity index is 749. The number of ether oxygens (including phenoxy) is 2. The van der Waals surface area contributed by atoms with Gasteiger partial charge in [-0.05, 0) is 13.8 Å². The van der Waals surface area contributed by atoms with Crippen molar-refractivity contribution in [2.75, 3.05) is 19.5 Å². The third-order valence-electron chi connectivity index (χ3n) is 3.47. The van der Waals surface area contributed by atoms with Gasteiger partial charge in [0.2, 0.25) is 5.95 Å². The third kappa shape index (κ3) is 2.71. The van der Waals surface area contributed by atoms with Crippen LogP contribution in [0.15, 0.2) is 12.1 Å². The van der Waals surface area contributed by atoms with Gasteiger partial charge in [-0.3, -0.25) is 0 Å². The number of imidazole rings is 1. The van der Waals surface area contributed by atoms with E-state index in [0.29, 0.717) is 24.0 Å². The topological polar surface area (TPSA) is 72.1 Å². The standard InChI is InChI=1S/C15H18N4O2S/c1-8-9(2)22-14(17-8)7-16-15-18-10-5-12(20-3)13(21-4)6-11(10)19-15/h5-6H,7H2,1-4H3,(H2,16,18,19). The lowest BCUT2D eigenvalue weighted by atomic mass is 10.3. The van der Waals surface area contributed by atoms with Crippen LogP contribution in [0.5, 0.6) is 11.5 Å². The number of aryl methyl sites for hydroxylation is 2. The number of aromatic amines is 1. The molecule has 2 N–H and O–H groups in total. The highest BCUT2D eigenvalue weighted by molar-refractivity contribution is 7.11. The molecule has 22 heavy (non-hydrogen) atoms. The fourth-order valence-corrected chi connectivity index (χ4v) is 3.07. The van der Waals surface area contributed by atoms with Crippen LogP contribution >= 0.6 is 11.3 Å². The number of aromatic nitrogens is 3. The van der Waals surface area contributed by atoms with Gasteiger partial charge in [0.15, 0.2) is 11.5 Å². The SMILES string of the molecule is COc1cc2nc(NCc3nc(C)c(C)s3)[nH]c2cc1OC. The molecule has 0 radical (unpaired) electrons. The summed E-state index contributed by atoms with van der Waals surface area (Å²) in [5, 5.41) is 4.31. The Balaban J connectivity index is 1.82. The van der Waals surface area contributed by atoms with Crippen LogP contribution in [0.2, 0.25) is 0 Å². The molecule has 3 rings (SSSR count).